The third-order valence-electron chi connectivity index (χ3n) is 1.92. The zero-order valence-electron chi connectivity index (χ0n) is 6.44. The topological polar surface area (TPSA) is 21.8 Å². The minimum Gasteiger partial charge on any atom is -0.370 e. The minimum atomic E-state index is 0.0335. The van der Waals surface area contributed by atoms with Gasteiger partial charge in [-0.25, -0.2) is 0 Å². The summed E-state index contributed by atoms with van der Waals surface area (Å²) in [5.41, 5.74) is 1.15. The molecule has 0 bridgehead atoms. The summed E-state index contributed by atoms with van der Waals surface area (Å²) in [7, 11) is 0. The molecule has 1 aliphatic heterocycles. The van der Waals surface area contributed by atoms with Gasteiger partial charge < -0.3 is 4.74 Å². The highest BCUT2D eigenvalue weighted by atomic mass is 79.9. The molecular formula is C9H9BrO2. The number of halogens is 1. The van der Waals surface area contributed by atoms with Crippen LogP contribution < -0.4 is 0 Å². The first-order chi connectivity index (χ1) is 5.92. The zero-order valence-corrected chi connectivity index (χ0v) is 8.03. The summed E-state index contributed by atoms with van der Waals surface area (Å²) in [4.78, 5) is 0. The Bertz CT molecular complexity index is 246. The highest BCUT2D eigenvalue weighted by Crippen LogP contribution is 2.32. The molecule has 1 heterocycles. The van der Waals surface area contributed by atoms with Crippen molar-refractivity contribution < 1.29 is 8.57 Å². The molecule has 0 saturated carbocycles. The van der Waals surface area contributed by atoms with Crippen molar-refractivity contribution in [2.45, 2.75) is 12.2 Å². The van der Waals surface area contributed by atoms with E-state index in [2.05, 4.69) is 16.3 Å². The highest BCUT2D eigenvalue weighted by Gasteiger charge is 2.34. The average Bonchev–Trinajstić information content (AvgIpc) is 2.92. The maximum atomic E-state index is 5.16. The SMILES string of the molecule is BrOC(c1ccccc1)C1CO1. The van der Waals surface area contributed by atoms with Crippen LogP contribution in [0.25, 0.3) is 0 Å². The van der Waals surface area contributed by atoms with E-state index in [4.69, 9.17) is 8.57 Å². The number of rotatable bonds is 3. The van der Waals surface area contributed by atoms with Crippen LogP contribution in [0.3, 0.4) is 0 Å². The Morgan fingerprint density at radius 2 is 2.08 bits per heavy atom. The largest absolute Gasteiger partial charge is 0.370 e. The molecule has 2 nitrogen and oxygen atoms in total. The van der Waals surface area contributed by atoms with Crippen LogP contribution in [-0.2, 0) is 8.57 Å². The second-order valence-corrected chi connectivity index (χ2v) is 3.17. The van der Waals surface area contributed by atoms with Crippen LogP contribution in [0.2, 0.25) is 0 Å². The van der Waals surface area contributed by atoms with E-state index < -0.39 is 0 Å². The van der Waals surface area contributed by atoms with Gasteiger partial charge >= 0.3 is 0 Å². The van der Waals surface area contributed by atoms with Crippen LogP contribution in [0.4, 0.5) is 0 Å². The van der Waals surface area contributed by atoms with Gasteiger partial charge in [-0.2, -0.15) is 0 Å². The van der Waals surface area contributed by atoms with Gasteiger partial charge in [0.25, 0.3) is 0 Å². The lowest BCUT2D eigenvalue weighted by atomic mass is 10.1. The Morgan fingerprint density at radius 3 is 2.58 bits per heavy atom. The second kappa shape index (κ2) is 3.56. The third kappa shape index (κ3) is 1.68. The Kier molecular flexibility index (Phi) is 2.44. The Balaban J connectivity index is 2.15. The van der Waals surface area contributed by atoms with E-state index in [-0.39, 0.29) is 12.2 Å². The van der Waals surface area contributed by atoms with Gasteiger partial charge in [-0.3, -0.25) is 3.83 Å². The van der Waals surface area contributed by atoms with Gasteiger partial charge in [0.2, 0.25) is 0 Å². The number of hydrogen-bond donors (Lipinski definition) is 0. The lowest BCUT2D eigenvalue weighted by molar-refractivity contribution is 0.204. The molecule has 1 aromatic rings. The summed E-state index contributed by atoms with van der Waals surface area (Å²) in [6, 6.07) is 10.1. The predicted molar refractivity (Wildman–Crippen MR) is 48.9 cm³/mol. The molecule has 0 amide bonds. The molecule has 0 spiro atoms. The van der Waals surface area contributed by atoms with Crippen molar-refractivity contribution in [3.8, 4) is 0 Å². The molecule has 2 unspecified atom stereocenters. The van der Waals surface area contributed by atoms with Crippen LogP contribution in [0.1, 0.15) is 11.7 Å². The van der Waals surface area contributed by atoms with Gasteiger partial charge in [0.15, 0.2) is 0 Å². The van der Waals surface area contributed by atoms with Crippen molar-refractivity contribution >= 4 is 16.3 Å². The normalized spacial score (nSPS) is 23.6. The molecule has 1 fully saturated rings. The molecule has 12 heavy (non-hydrogen) atoms. The Labute approximate surface area is 79.9 Å². The van der Waals surface area contributed by atoms with E-state index in [0.29, 0.717) is 0 Å². The van der Waals surface area contributed by atoms with Crippen molar-refractivity contribution in [2.24, 2.45) is 0 Å². The van der Waals surface area contributed by atoms with Crippen LogP contribution in [0.5, 0.6) is 0 Å². The first kappa shape index (κ1) is 8.23. The van der Waals surface area contributed by atoms with E-state index in [1.807, 2.05) is 30.3 Å². The van der Waals surface area contributed by atoms with E-state index in [0.717, 1.165) is 12.2 Å². The highest BCUT2D eigenvalue weighted by molar-refractivity contribution is 9.06. The lowest BCUT2D eigenvalue weighted by Crippen LogP contribution is -2.05. The minimum absolute atomic E-state index is 0.0335. The first-order valence-corrected chi connectivity index (χ1v) is 4.50. The maximum Gasteiger partial charge on any atom is 0.125 e. The van der Waals surface area contributed by atoms with Crippen molar-refractivity contribution in [1.29, 1.82) is 0 Å². The van der Waals surface area contributed by atoms with Crippen molar-refractivity contribution in [2.75, 3.05) is 6.61 Å². The quantitative estimate of drug-likeness (QED) is 0.742. The molecule has 1 aliphatic rings. The van der Waals surface area contributed by atoms with Gasteiger partial charge in [0.1, 0.15) is 12.2 Å². The smallest absolute Gasteiger partial charge is 0.125 e. The molecule has 0 aliphatic carbocycles. The summed E-state index contributed by atoms with van der Waals surface area (Å²) in [6.45, 7) is 0.797. The fourth-order valence-electron chi connectivity index (χ4n) is 1.20. The van der Waals surface area contributed by atoms with E-state index in [9.17, 15) is 0 Å². The maximum absolute atomic E-state index is 5.16. The molecule has 1 saturated heterocycles. The fraction of sp³-hybridized carbons (Fsp3) is 0.333. The molecule has 1 aromatic carbocycles. The number of hydrogen-bond acceptors (Lipinski definition) is 2. The van der Waals surface area contributed by atoms with Gasteiger partial charge in [0.05, 0.1) is 22.9 Å². The Morgan fingerprint density at radius 1 is 1.42 bits per heavy atom. The second-order valence-electron chi connectivity index (χ2n) is 2.79. The Hall–Kier alpha value is -0.380. The van der Waals surface area contributed by atoms with Crippen molar-refractivity contribution in [1.82, 2.24) is 0 Å². The van der Waals surface area contributed by atoms with Gasteiger partial charge in [0, 0.05) is 0 Å². The molecule has 0 radical (unpaired) electrons. The molecule has 2 atom stereocenters. The van der Waals surface area contributed by atoms with Crippen LogP contribution in [0.15, 0.2) is 30.3 Å². The molecule has 0 N–H and O–H groups in total. The third-order valence-corrected chi connectivity index (χ3v) is 2.32. The molecule has 64 valence electrons. The summed E-state index contributed by atoms with van der Waals surface area (Å²) >= 11 is 3.01. The van der Waals surface area contributed by atoms with Crippen LogP contribution >= 0.6 is 16.3 Å². The van der Waals surface area contributed by atoms with Gasteiger partial charge in [-0.1, -0.05) is 30.3 Å². The predicted octanol–water partition coefficient (Wildman–Crippen LogP) is 2.45. The molecule has 3 heteroatoms. The van der Waals surface area contributed by atoms with Crippen molar-refractivity contribution in [3.05, 3.63) is 35.9 Å². The van der Waals surface area contributed by atoms with E-state index in [1.54, 1.807) is 0 Å². The summed E-state index contributed by atoms with van der Waals surface area (Å²) in [6.07, 6.45) is 0.262. The standard InChI is InChI=1S/C9H9BrO2/c10-12-9(8-6-11-8)7-4-2-1-3-5-7/h1-5,8-9H,6H2. The van der Waals surface area contributed by atoms with E-state index >= 15 is 0 Å². The molecule has 2 rings (SSSR count). The van der Waals surface area contributed by atoms with Crippen LogP contribution in [-0.4, -0.2) is 12.7 Å². The van der Waals surface area contributed by atoms with Crippen molar-refractivity contribution in [3.63, 3.8) is 0 Å². The number of epoxide rings is 1. The summed E-state index contributed by atoms with van der Waals surface area (Å²) in [5, 5.41) is 0. The van der Waals surface area contributed by atoms with Gasteiger partial charge in [-0.05, 0) is 5.56 Å². The van der Waals surface area contributed by atoms with Gasteiger partial charge in [-0.15, -0.1) is 0 Å². The van der Waals surface area contributed by atoms with Crippen LogP contribution in [0, 0.1) is 0 Å². The zero-order chi connectivity index (χ0) is 8.39. The monoisotopic (exact) mass is 228 g/mol. The number of benzene rings is 1. The lowest BCUT2D eigenvalue weighted by Gasteiger charge is -2.09. The summed E-state index contributed by atoms with van der Waals surface area (Å²) in [5.74, 6) is 0. The summed E-state index contributed by atoms with van der Waals surface area (Å²) < 4.78 is 10.3. The average molecular weight is 229 g/mol. The molecular weight excluding hydrogens is 220 g/mol. The number of ether oxygens (including phenoxy) is 1. The van der Waals surface area contributed by atoms with E-state index in [1.165, 1.54) is 0 Å². The fourth-order valence-corrected chi connectivity index (χ4v) is 1.65. The first-order valence-electron chi connectivity index (χ1n) is 3.86. The molecule has 0 aromatic heterocycles.